The third-order valence-electron chi connectivity index (χ3n) is 9.38. The van der Waals surface area contributed by atoms with Gasteiger partial charge in [0.05, 0.1) is 30.6 Å². The fourth-order valence-electron chi connectivity index (χ4n) is 7.74. The van der Waals surface area contributed by atoms with E-state index in [9.17, 15) is 19.5 Å². The number of hydrogen-bond donors (Lipinski definition) is 1. The largest absolute Gasteiger partial charge is 0.394 e. The number of benzene rings is 2. The lowest BCUT2D eigenvalue weighted by molar-refractivity contribution is -0.147. The number of carbonyl (C=O) groups excluding carboxylic acids is 3. The molecule has 1 spiro atoms. The van der Waals surface area contributed by atoms with E-state index < -0.39 is 35.6 Å². The minimum atomic E-state index is -1.15. The minimum Gasteiger partial charge on any atom is -0.394 e. The predicted molar refractivity (Wildman–Crippen MR) is 168 cm³/mol. The topological polar surface area (TPSA) is 90.4 Å². The first kappa shape index (κ1) is 31.0. The van der Waals surface area contributed by atoms with Gasteiger partial charge < -0.3 is 24.5 Å². The Hall–Kier alpha value is -3.49. The fraction of sp³-hybridized carbons (Fsp3) is 0.514. The van der Waals surface area contributed by atoms with E-state index in [1.54, 1.807) is 26.9 Å². The summed E-state index contributed by atoms with van der Waals surface area (Å²) in [5, 5.41) is 12.7. The van der Waals surface area contributed by atoms with Crippen LogP contribution in [0.3, 0.4) is 0 Å². The molecule has 43 heavy (non-hydrogen) atoms. The summed E-state index contributed by atoms with van der Waals surface area (Å²) in [6.45, 7) is 14.7. The molecule has 3 amide bonds. The molecule has 2 aromatic rings. The Morgan fingerprint density at radius 1 is 1.12 bits per heavy atom. The molecule has 0 radical (unpaired) electrons. The molecular formula is C35H45N3O5. The summed E-state index contributed by atoms with van der Waals surface area (Å²) in [6, 6.07) is 12.3. The van der Waals surface area contributed by atoms with E-state index in [-0.39, 0.29) is 36.8 Å². The number of carbonyl (C=O) groups is 3. The van der Waals surface area contributed by atoms with Crippen LogP contribution in [0.5, 0.6) is 0 Å². The molecule has 8 nitrogen and oxygen atoms in total. The molecule has 1 N–H and O–H groups in total. The summed E-state index contributed by atoms with van der Waals surface area (Å²) < 4.78 is 6.70. The summed E-state index contributed by atoms with van der Waals surface area (Å²) >= 11 is 0. The van der Waals surface area contributed by atoms with Crippen molar-refractivity contribution in [3.05, 3.63) is 67.8 Å². The van der Waals surface area contributed by atoms with Crippen molar-refractivity contribution in [1.29, 1.82) is 0 Å². The van der Waals surface area contributed by atoms with Gasteiger partial charge in [-0.1, -0.05) is 63.3 Å². The van der Waals surface area contributed by atoms with Crippen LogP contribution < -0.4 is 4.90 Å². The second-order valence-corrected chi connectivity index (χ2v) is 12.6. The molecule has 3 fully saturated rings. The van der Waals surface area contributed by atoms with Gasteiger partial charge in [-0.3, -0.25) is 14.4 Å². The van der Waals surface area contributed by atoms with Crippen LogP contribution in [0.15, 0.2) is 67.8 Å². The van der Waals surface area contributed by atoms with E-state index in [0.29, 0.717) is 38.0 Å². The second-order valence-electron chi connectivity index (χ2n) is 12.6. The Morgan fingerprint density at radius 2 is 1.84 bits per heavy atom. The molecule has 3 saturated heterocycles. The lowest BCUT2D eigenvalue weighted by Gasteiger charge is -2.39. The number of anilines is 1. The zero-order valence-corrected chi connectivity index (χ0v) is 25.7. The van der Waals surface area contributed by atoms with Gasteiger partial charge in [0.15, 0.2) is 0 Å². The third-order valence-corrected chi connectivity index (χ3v) is 9.38. The smallest absolute Gasteiger partial charge is 0.253 e. The van der Waals surface area contributed by atoms with Gasteiger partial charge in [0.1, 0.15) is 11.6 Å². The first-order valence-electron chi connectivity index (χ1n) is 15.6. The third kappa shape index (κ3) is 5.29. The summed E-state index contributed by atoms with van der Waals surface area (Å²) in [5.74, 6) is -1.98. The number of fused-ring (bicyclic) bond motifs is 2. The van der Waals surface area contributed by atoms with Gasteiger partial charge in [-0.2, -0.15) is 0 Å². The molecule has 3 aliphatic rings. The Morgan fingerprint density at radius 3 is 2.49 bits per heavy atom. The van der Waals surface area contributed by atoms with Crippen LogP contribution >= 0.6 is 0 Å². The number of likely N-dealkylation sites (tertiary alicyclic amines) is 1. The lowest BCUT2D eigenvalue weighted by Crippen LogP contribution is -2.59. The van der Waals surface area contributed by atoms with Crippen LogP contribution in [0.4, 0.5) is 5.69 Å². The fourth-order valence-corrected chi connectivity index (χ4v) is 7.74. The van der Waals surface area contributed by atoms with E-state index >= 15 is 0 Å². The van der Waals surface area contributed by atoms with Crippen LogP contribution in [-0.4, -0.2) is 82.7 Å². The van der Waals surface area contributed by atoms with E-state index in [0.717, 1.165) is 17.2 Å². The molecular weight excluding hydrogens is 542 g/mol. The SMILES string of the molecule is C=CCN(CCC)C(=O)[C@@H]1[C@H]2C(=O)N([C@@H](CO)CC(C)C)C(C(=O)N(CC=C)c3ccc4ccccc4c3)C23CC[C@H]1O3. The standard InChI is InChI=1S/C35H45N3O5/c1-6-17-36(18-7-2)32(40)29-28-15-16-35(43-28)30(29)33(41)38(27(22-39)20-23(4)5)31(35)34(42)37(19-8-3)26-14-13-24-11-9-10-12-25(24)21-26/h6,8-14,21,23,27-31,39H,1,3,7,15-20,22H2,2,4-5H3/t27-,28-,29+,30+,31?,35?/m1/s1. The number of aliphatic hydroxyl groups excluding tert-OH is 1. The summed E-state index contributed by atoms with van der Waals surface area (Å²) in [6.07, 6.45) is 5.34. The van der Waals surface area contributed by atoms with Gasteiger partial charge in [0.25, 0.3) is 5.91 Å². The molecule has 0 aliphatic carbocycles. The average molecular weight is 588 g/mol. The minimum absolute atomic E-state index is 0.124. The molecule has 3 aliphatic heterocycles. The second kappa shape index (κ2) is 12.6. The number of nitrogens with zero attached hydrogens (tertiary/aromatic N) is 3. The number of ether oxygens (including phenoxy) is 1. The van der Waals surface area contributed by atoms with Crippen molar-refractivity contribution >= 4 is 34.2 Å². The molecule has 2 bridgehead atoms. The van der Waals surface area contributed by atoms with Crippen molar-refractivity contribution in [2.24, 2.45) is 17.8 Å². The Kier molecular flexibility index (Phi) is 9.09. The van der Waals surface area contributed by atoms with Crippen molar-refractivity contribution in [2.45, 2.75) is 70.2 Å². The number of amides is 3. The predicted octanol–water partition coefficient (Wildman–Crippen LogP) is 4.57. The van der Waals surface area contributed by atoms with E-state index in [4.69, 9.17) is 4.74 Å². The Labute approximate surface area is 255 Å². The molecule has 3 heterocycles. The molecule has 0 aromatic heterocycles. The first-order chi connectivity index (χ1) is 20.7. The molecule has 8 heteroatoms. The summed E-state index contributed by atoms with van der Waals surface area (Å²) in [4.78, 5) is 48.5. The highest BCUT2D eigenvalue weighted by molar-refractivity contribution is 6.06. The van der Waals surface area contributed by atoms with Crippen molar-refractivity contribution in [3.63, 3.8) is 0 Å². The molecule has 2 aromatic carbocycles. The van der Waals surface area contributed by atoms with Gasteiger partial charge in [-0.05, 0) is 54.5 Å². The van der Waals surface area contributed by atoms with Gasteiger partial charge in [-0.15, -0.1) is 13.2 Å². The highest BCUT2D eigenvalue weighted by atomic mass is 16.5. The van der Waals surface area contributed by atoms with Crippen molar-refractivity contribution in [2.75, 3.05) is 31.1 Å². The summed E-state index contributed by atoms with van der Waals surface area (Å²) in [5.41, 5.74) is -0.452. The highest BCUT2D eigenvalue weighted by Gasteiger charge is 2.75. The monoisotopic (exact) mass is 587 g/mol. The zero-order valence-electron chi connectivity index (χ0n) is 25.7. The first-order valence-corrected chi connectivity index (χ1v) is 15.6. The van der Waals surface area contributed by atoms with Crippen LogP contribution in [0.25, 0.3) is 10.8 Å². The van der Waals surface area contributed by atoms with Gasteiger partial charge in [0.2, 0.25) is 11.8 Å². The van der Waals surface area contributed by atoms with Gasteiger partial charge in [0, 0.05) is 25.3 Å². The Bertz CT molecular complexity index is 1390. The highest BCUT2D eigenvalue weighted by Crippen LogP contribution is 2.59. The molecule has 0 saturated carbocycles. The number of aliphatic hydroxyl groups is 1. The maximum atomic E-state index is 14.9. The van der Waals surface area contributed by atoms with Crippen LogP contribution in [0.2, 0.25) is 0 Å². The molecule has 5 rings (SSSR count). The normalized spacial score (nSPS) is 26.5. The average Bonchev–Trinajstić information content (AvgIpc) is 3.65. The molecule has 230 valence electrons. The van der Waals surface area contributed by atoms with Crippen molar-refractivity contribution in [1.82, 2.24) is 9.80 Å². The number of hydrogen-bond acceptors (Lipinski definition) is 5. The van der Waals surface area contributed by atoms with Crippen LogP contribution in [0, 0.1) is 17.8 Å². The summed E-state index contributed by atoms with van der Waals surface area (Å²) in [7, 11) is 0. The van der Waals surface area contributed by atoms with Gasteiger partial charge in [-0.25, -0.2) is 0 Å². The van der Waals surface area contributed by atoms with E-state index in [1.165, 1.54) is 0 Å². The number of rotatable bonds is 13. The van der Waals surface area contributed by atoms with E-state index in [1.807, 2.05) is 63.2 Å². The quantitative estimate of drug-likeness (QED) is 0.347. The molecule has 6 atom stereocenters. The Balaban J connectivity index is 1.60. The lowest BCUT2D eigenvalue weighted by atomic mass is 9.70. The zero-order chi connectivity index (χ0) is 30.9. The van der Waals surface area contributed by atoms with Crippen molar-refractivity contribution in [3.8, 4) is 0 Å². The van der Waals surface area contributed by atoms with Gasteiger partial charge >= 0.3 is 0 Å². The van der Waals surface area contributed by atoms with E-state index in [2.05, 4.69) is 13.2 Å². The maximum Gasteiger partial charge on any atom is 0.253 e. The van der Waals surface area contributed by atoms with Crippen molar-refractivity contribution < 1.29 is 24.2 Å². The maximum absolute atomic E-state index is 14.9. The van der Waals surface area contributed by atoms with Crippen LogP contribution in [-0.2, 0) is 19.1 Å². The molecule has 2 unspecified atom stereocenters. The van der Waals surface area contributed by atoms with Crippen LogP contribution in [0.1, 0.15) is 46.5 Å².